The lowest BCUT2D eigenvalue weighted by Crippen LogP contribution is -2.09. The number of carboxylic acids is 1. The van der Waals surface area contributed by atoms with Gasteiger partial charge in [-0.15, -0.1) is 10.2 Å². The van der Waals surface area contributed by atoms with E-state index >= 15 is 0 Å². The Labute approximate surface area is 119 Å². The third-order valence-corrected chi connectivity index (χ3v) is 2.94. The average Bonchev–Trinajstić information content (AvgIpc) is 2.89. The second-order valence-corrected chi connectivity index (χ2v) is 4.28. The Hall–Kier alpha value is -3.09. The molecule has 0 fully saturated rings. The lowest BCUT2D eigenvalue weighted by molar-refractivity contribution is 0.0688. The number of ether oxygens (including phenoxy) is 1. The smallest absolute Gasteiger partial charge is 0.352 e. The van der Waals surface area contributed by atoms with E-state index in [-0.39, 0.29) is 18.1 Å². The van der Waals surface area contributed by atoms with Gasteiger partial charge in [-0.2, -0.15) is 0 Å². The first-order valence-corrected chi connectivity index (χ1v) is 6.14. The van der Waals surface area contributed by atoms with E-state index in [0.29, 0.717) is 17.2 Å². The summed E-state index contributed by atoms with van der Waals surface area (Å²) in [7, 11) is 0. The molecule has 0 bridgehead atoms. The Morgan fingerprint density at radius 3 is 2.71 bits per heavy atom. The van der Waals surface area contributed by atoms with Crippen molar-refractivity contribution in [3.05, 3.63) is 54.0 Å². The summed E-state index contributed by atoms with van der Waals surface area (Å²) in [4.78, 5) is 11.2. The van der Waals surface area contributed by atoms with Gasteiger partial charge in [0.1, 0.15) is 12.3 Å². The van der Waals surface area contributed by atoms with Crippen molar-refractivity contribution in [2.45, 2.75) is 6.61 Å². The SMILES string of the molecule is O=C(O)c1cccc2nnc(COc3ccccc3O)n12. The Morgan fingerprint density at radius 2 is 1.95 bits per heavy atom. The number of nitrogens with zero attached hydrogens (tertiary/aromatic N) is 3. The topological polar surface area (TPSA) is 97.0 Å². The Morgan fingerprint density at radius 1 is 1.14 bits per heavy atom. The molecule has 2 heterocycles. The van der Waals surface area contributed by atoms with Crippen molar-refractivity contribution < 1.29 is 19.7 Å². The monoisotopic (exact) mass is 285 g/mol. The predicted molar refractivity (Wildman–Crippen MR) is 72.4 cm³/mol. The van der Waals surface area contributed by atoms with Crippen LogP contribution in [0.3, 0.4) is 0 Å². The van der Waals surface area contributed by atoms with E-state index < -0.39 is 5.97 Å². The fourth-order valence-corrected chi connectivity index (χ4v) is 1.98. The summed E-state index contributed by atoms with van der Waals surface area (Å²) >= 11 is 0. The number of aromatic hydroxyl groups is 1. The van der Waals surface area contributed by atoms with Gasteiger partial charge in [-0.3, -0.25) is 4.40 Å². The molecular weight excluding hydrogens is 274 g/mol. The summed E-state index contributed by atoms with van der Waals surface area (Å²) in [5.41, 5.74) is 0.471. The van der Waals surface area contributed by atoms with Crippen molar-refractivity contribution in [1.29, 1.82) is 0 Å². The summed E-state index contributed by atoms with van der Waals surface area (Å²) in [5, 5.41) is 26.7. The van der Waals surface area contributed by atoms with Crippen LogP contribution in [0, 0.1) is 0 Å². The van der Waals surface area contributed by atoms with E-state index in [4.69, 9.17) is 4.74 Å². The van der Waals surface area contributed by atoms with Crippen molar-refractivity contribution in [1.82, 2.24) is 14.6 Å². The molecule has 0 atom stereocenters. The minimum absolute atomic E-state index is 0.00442. The molecule has 106 valence electrons. The molecule has 0 aliphatic carbocycles. The van der Waals surface area contributed by atoms with Crippen molar-refractivity contribution in [3.8, 4) is 11.5 Å². The van der Waals surface area contributed by atoms with Gasteiger partial charge in [0, 0.05) is 0 Å². The number of aromatic carboxylic acids is 1. The summed E-state index contributed by atoms with van der Waals surface area (Å²) in [6.07, 6.45) is 0. The number of phenols is 1. The van der Waals surface area contributed by atoms with Crippen molar-refractivity contribution in [3.63, 3.8) is 0 Å². The first-order chi connectivity index (χ1) is 10.2. The molecule has 0 saturated carbocycles. The highest BCUT2D eigenvalue weighted by Gasteiger charge is 2.14. The maximum atomic E-state index is 11.2. The molecule has 0 radical (unpaired) electrons. The fourth-order valence-electron chi connectivity index (χ4n) is 1.98. The highest BCUT2D eigenvalue weighted by atomic mass is 16.5. The van der Waals surface area contributed by atoms with Gasteiger partial charge in [-0.25, -0.2) is 4.79 Å². The maximum absolute atomic E-state index is 11.2. The van der Waals surface area contributed by atoms with Crippen molar-refractivity contribution in [2.24, 2.45) is 0 Å². The minimum atomic E-state index is -1.08. The number of fused-ring (bicyclic) bond motifs is 1. The number of rotatable bonds is 4. The summed E-state index contributed by atoms with van der Waals surface area (Å²) in [5.74, 6) is -0.442. The number of para-hydroxylation sites is 2. The van der Waals surface area contributed by atoms with Crippen LogP contribution in [0.1, 0.15) is 16.3 Å². The predicted octanol–water partition coefficient (Wildman–Crippen LogP) is 1.71. The molecule has 0 unspecified atom stereocenters. The van der Waals surface area contributed by atoms with Crippen LogP contribution in [0.25, 0.3) is 5.65 Å². The van der Waals surface area contributed by atoms with E-state index in [0.717, 1.165) is 0 Å². The van der Waals surface area contributed by atoms with Crippen LogP contribution in [-0.4, -0.2) is 30.8 Å². The molecule has 3 rings (SSSR count). The largest absolute Gasteiger partial charge is 0.504 e. The van der Waals surface area contributed by atoms with E-state index in [2.05, 4.69) is 10.2 Å². The summed E-state index contributed by atoms with van der Waals surface area (Å²) < 4.78 is 6.86. The van der Waals surface area contributed by atoms with Crippen LogP contribution in [0.4, 0.5) is 0 Å². The fraction of sp³-hybridized carbons (Fsp3) is 0.0714. The lowest BCUT2D eigenvalue weighted by atomic mass is 10.3. The first kappa shape index (κ1) is 12.9. The molecule has 0 amide bonds. The normalized spacial score (nSPS) is 10.7. The molecule has 3 aromatic rings. The number of hydrogen-bond acceptors (Lipinski definition) is 5. The van der Waals surface area contributed by atoms with Crippen molar-refractivity contribution in [2.75, 3.05) is 0 Å². The molecule has 0 saturated heterocycles. The van der Waals surface area contributed by atoms with E-state index in [1.54, 1.807) is 30.3 Å². The molecular formula is C14H11N3O4. The number of carboxylic acid groups (broad SMARTS) is 1. The number of hydrogen-bond donors (Lipinski definition) is 2. The highest BCUT2D eigenvalue weighted by molar-refractivity contribution is 5.86. The van der Waals surface area contributed by atoms with Crippen LogP contribution in [0.15, 0.2) is 42.5 Å². The lowest BCUT2D eigenvalue weighted by Gasteiger charge is -2.07. The standard InChI is InChI=1S/C14H11N3O4/c18-10-5-1-2-6-11(10)21-8-13-16-15-12-7-3-4-9(14(19)20)17(12)13/h1-7,18H,8H2,(H,19,20). The van der Waals surface area contributed by atoms with Gasteiger partial charge in [0.25, 0.3) is 0 Å². The van der Waals surface area contributed by atoms with Crippen LogP contribution in [0.2, 0.25) is 0 Å². The third-order valence-electron chi connectivity index (χ3n) is 2.94. The van der Waals surface area contributed by atoms with Crippen LogP contribution in [-0.2, 0) is 6.61 Å². The number of carbonyl (C=O) groups is 1. The highest BCUT2D eigenvalue weighted by Crippen LogP contribution is 2.25. The van der Waals surface area contributed by atoms with Crippen molar-refractivity contribution >= 4 is 11.6 Å². The zero-order valence-electron chi connectivity index (χ0n) is 10.8. The van der Waals surface area contributed by atoms with Crippen LogP contribution >= 0.6 is 0 Å². The molecule has 2 N–H and O–H groups in total. The molecule has 0 spiro atoms. The Kier molecular flexibility index (Phi) is 3.15. The second-order valence-electron chi connectivity index (χ2n) is 4.28. The van der Waals surface area contributed by atoms with Crippen LogP contribution in [0.5, 0.6) is 11.5 Å². The third kappa shape index (κ3) is 2.36. The Bertz CT molecular complexity index is 813. The van der Waals surface area contributed by atoms with Gasteiger partial charge < -0.3 is 14.9 Å². The molecule has 21 heavy (non-hydrogen) atoms. The van der Waals surface area contributed by atoms with Gasteiger partial charge in [0.2, 0.25) is 0 Å². The van der Waals surface area contributed by atoms with E-state index in [9.17, 15) is 15.0 Å². The van der Waals surface area contributed by atoms with E-state index in [1.807, 2.05) is 0 Å². The second kappa shape index (κ2) is 5.12. The molecule has 0 aliphatic rings. The van der Waals surface area contributed by atoms with Gasteiger partial charge in [0.05, 0.1) is 0 Å². The number of pyridine rings is 1. The molecule has 1 aromatic carbocycles. The van der Waals surface area contributed by atoms with E-state index in [1.165, 1.54) is 16.5 Å². The Balaban J connectivity index is 1.95. The minimum Gasteiger partial charge on any atom is -0.504 e. The van der Waals surface area contributed by atoms with Gasteiger partial charge in [0.15, 0.2) is 23.0 Å². The number of aromatic nitrogens is 3. The molecule has 2 aromatic heterocycles. The van der Waals surface area contributed by atoms with Crippen LogP contribution < -0.4 is 4.74 Å². The van der Waals surface area contributed by atoms with Gasteiger partial charge in [-0.05, 0) is 24.3 Å². The quantitative estimate of drug-likeness (QED) is 0.757. The first-order valence-electron chi connectivity index (χ1n) is 6.14. The number of phenolic OH excluding ortho intramolecular Hbond substituents is 1. The van der Waals surface area contributed by atoms with Gasteiger partial charge in [-0.1, -0.05) is 18.2 Å². The zero-order chi connectivity index (χ0) is 14.8. The summed E-state index contributed by atoms with van der Waals surface area (Å²) in [6, 6.07) is 11.2. The average molecular weight is 285 g/mol. The molecule has 7 heteroatoms. The molecule has 0 aliphatic heterocycles. The molecule has 7 nitrogen and oxygen atoms in total. The van der Waals surface area contributed by atoms with Gasteiger partial charge >= 0.3 is 5.97 Å². The summed E-state index contributed by atoms with van der Waals surface area (Å²) in [6.45, 7) is -0.0109. The maximum Gasteiger partial charge on any atom is 0.352 e. The zero-order valence-corrected chi connectivity index (χ0v) is 10.8. The number of benzene rings is 1.